The monoisotopic (exact) mass is 378 g/mol. The van der Waals surface area contributed by atoms with Crippen LogP contribution >= 0.6 is 0 Å². The second-order valence-electron chi connectivity index (χ2n) is 6.87. The van der Waals surface area contributed by atoms with E-state index in [4.69, 9.17) is 4.42 Å². The minimum atomic E-state index is -3.57. The molecule has 1 aliphatic rings. The maximum atomic E-state index is 12.8. The normalized spacial score (nSPS) is 21.5. The van der Waals surface area contributed by atoms with Crippen LogP contribution in [-0.4, -0.2) is 41.9 Å². The molecule has 2 aromatic rings. The summed E-state index contributed by atoms with van der Waals surface area (Å²) in [5.74, 6) is 0.553. The molecular formula is C17H22N4O4S. The lowest BCUT2D eigenvalue weighted by Gasteiger charge is -2.34. The Balaban J connectivity index is 1.75. The summed E-state index contributed by atoms with van der Waals surface area (Å²) in [7, 11) is -3.57. The molecule has 1 aliphatic heterocycles. The van der Waals surface area contributed by atoms with Gasteiger partial charge in [-0.3, -0.25) is 10.1 Å². The number of rotatable bonds is 4. The lowest BCUT2D eigenvalue weighted by atomic mass is 9.94. The summed E-state index contributed by atoms with van der Waals surface area (Å²) in [5.41, 5.74) is 0.306. The standard InChI is InChI=1S/C17H22N4O4S/c1-11-8-12(2)10-21(9-11)26(23,24)15-6-4-14(5-7-15)16(22)18-17-20-19-13(3)25-17/h4-7,11-12H,8-10H2,1-3H3,(H,18,20,22)/t11-,12+. The molecule has 3 rings (SSSR count). The zero-order chi connectivity index (χ0) is 18.9. The fourth-order valence-electron chi connectivity index (χ4n) is 3.25. The van der Waals surface area contributed by atoms with Gasteiger partial charge in [-0.1, -0.05) is 18.9 Å². The molecule has 2 heterocycles. The minimum absolute atomic E-state index is 0.000454. The van der Waals surface area contributed by atoms with Gasteiger partial charge in [-0.15, -0.1) is 5.10 Å². The first-order valence-corrected chi connectivity index (χ1v) is 9.91. The minimum Gasteiger partial charge on any atom is -0.408 e. The van der Waals surface area contributed by atoms with Crippen molar-refractivity contribution in [1.82, 2.24) is 14.5 Å². The lowest BCUT2D eigenvalue weighted by Crippen LogP contribution is -2.42. The van der Waals surface area contributed by atoms with E-state index in [1.54, 1.807) is 6.92 Å². The number of aryl methyl sites for hydroxylation is 1. The van der Waals surface area contributed by atoms with E-state index in [0.717, 1.165) is 6.42 Å². The topological polar surface area (TPSA) is 105 Å². The number of hydrogen-bond acceptors (Lipinski definition) is 6. The molecule has 1 aromatic carbocycles. The van der Waals surface area contributed by atoms with Crippen molar-refractivity contribution in [2.75, 3.05) is 18.4 Å². The molecule has 0 radical (unpaired) electrons. The molecule has 2 atom stereocenters. The molecule has 8 nitrogen and oxygen atoms in total. The molecule has 9 heteroatoms. The van der Waals surface area contributed by atoms with E-state index in [1.807, 2.05) is 0 Å². The molecule has 0 bridgehead atoms. The summed E-state index contributed by atoms with van der Waals surface area (Å²) >= 11 is 0. The summed E-state index contributed by atoms with van der Waals surface area (Å²) in [5, 5.41) is 9.79. The number of nitrogens with one attached hydrogen (secondary N) is 1. The molecule has 140 valence electrons. The lowest BCUT2D eigenvalue weighted by molar-refractivity contribution is 0.102. The van der Waals surface area contributed by atoms with Crippen LogP contribution < -0.4 is 5.32 Å². The molecule has 0 aliphatic carbocycles. The van der Waals surface area contributed by atoms with Crippen LogP contribution in [0.4, 0.5) is 6.01 Å². The second-order valence-corrected chi connectivity index (χ2v) is 8.81. The van der Waals surface area contributed by atoms with Crippen LogP contribution in [-0.2, 0) is 10.0 Å². The molecule has 0 unspecified atom stereocenters. The molecule has 1 aromatic heterocycles. The van der Waals surface area contributed by atoms with Gasteiger partial charge >= 0.3 is 6.01 Å². The van der Waals surface area contributed by atoms with Crippen molar-refractivity contribution < 1.29 is 17.6 Å². The number of anilines is 1. The number of piperidine rings is 1. The van der Waals surface area contributed by atoms with Gasteiger partial charge in [0, 0.05) is 25.6 Å². The first-order valence-electron chi connectivity index (χ1n) is 8.47. The molecule has 1 N–H and O–H groups in total. The second kappa shape index (κ2) is 7.16. The Morgan fingerprint density at radius 2 is 1.77 bits per heavy atom. The molecule has 1 amide bonds. The van der Waals surface area contributed by atoms with E-state index in [1.165, 1.54) is 28.6 Å². The van der Waals surface area contributed by atoms with E-state index in [2.05, 4.69) is 29.4 Å². The van der Waals surface area contributed by atoms with Gasteiger partial charge < -0.3 is 4.42 Å². The number of hydrogen-bond donors (Lipinski definition) is 1. The fraction of sp³-hybridized carbons (Fsp3) is 0.471. The maximum Gasteiger partial charge on any atom is 0.322 e. The van der Waals surface area contributed by atoms with Crippen molar-refractivity contribution >= 4 is 21.9 Å². The third-order valence-corrected chi connectivity index (χ3v) is 6.18. The van der Waals surface area contributed by atoms with Crippen molar-refractivity contribution in [3.05, 3.63) is 35.7 Å². The molecular weight excluding hydrogens is 356 g/mol. The Labute approximate surface area is 152 Å². The zero-order valence-electron chi connectivity index (χ0n) is 15.0. The van der Waals surface area contributed by atoms with Crippen LogP contribution in [0, 0.1) is 18.8 Å². The average Bonchev–Trinajstić information content (AvgIpc) is 2.99. The van der Waals surface area contributed by atoms with Crippen LogP contribution in [0.3, 0.4) is 0 Å². The summed E-state index contributed by atoms with van der Waals surface area (Å²) in [6, 6.07) is 5.85. The first-order chi connectivity index (χ1) is 12.3. The highest BCUT2D eigenvalue weighted by Crippen LogP contribution is 2.26. The quantitative estimate of drug-likeness (QED) is 0.875. The number of amides is 1. The van der Waals surface area contributed by atoms with Crippen molar-refractivity contribution in [1.29, 1.82) is 0 Å². The summed E-state index contributed by atoms with van der Waals surface area (Å²) in [4.78, 5) is 12.4. The summed E-state index contributed by atoms with van der Waals surface area (Å²) < 4.78 is 32.3. The predicted molar refractivity (Wildman–Crippen MR) is 95.1 cm³/mol. The highest BCUT2D eigenvalue weighted by molar-refractivity contribution is 7.89. The van der Waals surface area contributed by atoms with Crippen molar-refractivity contribution in [2.45, 2.75) is 32.1 Å². The third kappa shape index (κ3) is 3.94. The molecule has 26 heavy (non-hydrogen) atoms. The van der Waals surface area contributed by atoms with E-state index in [-0.39, 0.29) is 10.9 Å². The van der Waals surface area contributed by atoms with Crippen molar-refractivity contribution in [2.24, 2.45) is 11.8 Å². The van der Waals surface area contributed by atoms with Crippen molar-refractivity contribution in [3.8, 4) is 0 Å². The SMILES string of the molecule is Cc1nnc(NC(=O)c2ccc(S(=O)(=O)N3C[C@H](C)C[C@H](C)C3)cc2)o1. The number of aromatic nitrogens is 2. The summed E-state index contributed by atoms with van der Waals surface area (Å²) in [6.45, 7) is 6.77. The Morgan fingerprint density at radius 3 is 2.31 bits per heavy atom. The fourth-order valence-corrected chi connectivity index (χ4v) is 4.93. The highest BCUT2D eigenvalue weighted by Gasteiger charge is 2.31. The smallest absolute Gasteiger partial charge is 0.322 e. The largest absolute Gasteiger partial charge is 0.408 e. The van der Waals surface area contributed by atoms with Gasteiger partial charge in [-0.05, 0) is 42.5 Å². The maximum absolute atomic E-state index is 12.8. The van der Waals surface area contributed by atoms with Crippen molar-refractivity contribution in [3.63, 3.8) is 0 Å². The molecule has 1 fully saturated rings. The zero-order valence-corrected chi connectivity index (χ0v) is 15.8. The molecule has 0 saturated carbocycles. The van der Waals surface area contributed by atoms with E-state index < -0.39 is 15.9 Å². The number of sulfonamides is 1. The average molecular weight is 378 g/mol. The Morgan fingerprint density at radius 1 is 1.15 bits per heavy atom. The molecule has 1 saturated heterocycles. The third-order valence-electron chi connectivity index (χ3n) is 4.34. The van der Waals surface area contributed by atoms with Crippen LogP contribution in [0.1, 0.15) is 36.5 Å². The van der Waals surface area contributed by atoms with Gasteiger partial charge in [-0.25, -0.2) is 8.42 Å². The van der Waals surface area contributed by atoms with Crippen LogP contribution in [0.5, 0.6) is 0 Å². The number of benzene rings is 1. The first kappa shape index (κ1) is 18.5. The van der Waals surface area contributed by atoms with Gasteiger partial charge in [0.2, 0.25) is 15.9 Å². The van der Waals surface area contributed by atoms with Crippen LogP contribution in [0.25, 0.3) is 0 Å². The van der Waals surface area contributed by atoms with Gasteiger partial charge in [0.05, 0.1) is 4.90 Å². The molecule has 0 spiro atoms. The van der Waals surface area contributed by atoms with Crippen LogP contribution in [0.2, 0.25) is 0 Å². The predicted octanol–water partition coefficient (Wildman–Crippen LogP) is 2.30. The van der Waals surface area contributed by atoms with Gasteiger partial charge in [0.15, 0.2) is 0 Å². The highest BCUT2D eigenvalue weighted by atomic mass is 32.2. The Bertz CT molecular complexity index is 882. The Hall–Kier alpha value is -2.26. The number of carbonyl (C=O) groups is 1. The van der Waals surface area contributed by atoms with Gasteiger partial charge in [0.1, 0.15) is 0 Å². The summed E-state index contributed by atoms with van der Waals surface area (Å²) in [6.07, 6.45) is 1.03. The Kier molecular flexibility index (Phi) is 5.10. The number of nitrogens with zero attached hydrogens (tertiary/aromatic N) is 3. The van der Waals surface area contributed by atoms with Gasteiger partial charge in [0.25, 0.3) is 5.91 Å². The van der Waals surface area contributed by atoms with Crippen LogP contribution in [0.15, 0.2) is 33.6 Å². The van der Waals surface area contributed by atoms with Gasteiger partial charge in [-0.2, -0.15) is 4.31 Å². The van der Waals surface area contributed by atoms with E-state index >= 15 is 0 Å². The van der Waals surface area contributed by atoms with E-state index in [0.29, 0.717) is 36.4 Å². The van der Waals surface area contributed by atoms with E-state index in [9.17, 15) is 13.2 Å². The number of carbonyl (C=O) groups excluding carboxylic acids is 1.